The van der Waals surface area contributed by atoms with Gasteiger partial charge in [0.15, 0.2) is 11.6 Å². The van der Waals surface area contributed by atoms with Crippen LogP contribution in [0.25, 0.3) is 0 Å². The van der Waals surface area contributed by atoms with Crippen LogP contribution in [0.3, 0.4) is 0 Å². The van der Waals surface area contributed by atoms with Gasteiger partial charge in [0.25, 0.3) is 5.91 Å². The minimum absolute atomic E-state index is 0.0390. The van der Waals surface area contributed by atoms with Gasteiger partial charge < -0.3 is 10.6 Å². The second kappa shape index (κ2) is 7.59. The molecule has 0 bridgehead atoms. The van der Waals surface area contributed by atoms with E-state index < -0.39 is 29.3 Å². The molecule has 0 saturated heterocycles. The van der Waals surface area contributed by atoms with Gasteiger partial charge in [-0.1, -0.05) is 0 Å². The monoisotopic (exact) mass is 394 g/mol. The first-order valence-corrected chi connectivity index (χ1v) is 7.75. The van der Waals surface area contributed by atoms with Crippen molar-refractivity contribution in [3.63, 3.8) is 0 Å². The summed E-state index contributed by atoms with van der Waals surface area (Å²) in [6.45, 7) is 0. The van der Waals surface area contributed by atoms with Crippen molar-refractivity contribution in [1.29, 1.82) is 0 Å². The second-order valence-electron chi connectivity index (χ2n) is 5.58. The molecule has 144 valence electrons. The minimum atomic E-state index is -4.47. The molecule has 3 rings (SSSR count). The number of amides is 1. The van der Waals surface area contributed by atoms with Gasteiger partial charge in [0.2, 0.25) is 5.95 Å². The quantitative estimate of drug-likeness (QED) is 0.626. The summed E-state index contributed by atoms with van der Waals surface area (Å²) in [7, 11) is 0. The fraction of sp³-hybridized carbons (Fsp3) is 0.0556. The van der Waals surface area contributed by atoms with Crippen LogP contribution in [0.15, 0.2) is 54.9 Å². The Morgan fingerprint density at radius 3 is 2.04 bits per heavy atom. The maximum absolute atomic E-state index is 13.2. The predicted molar refractivity (Wildman–Crippen MR) is 91.1 cm³/mol. The van der Waals surface area contributed by atoms with Crippen LogP contribution in [0.5, 0.6) is 0 Å². The molecule has 0 aliphatic rings. The zero-order valence-corrected chi connectivity index (χ0v) is 13.9. The number of aromatic nitrogens is 2. The van der Waals surface area contributed by atoms with Crippen molar-refractivity contribution in [2.75, 3.05) is 10.6 Å². The number of halogens is 5. The van der Waals surface area contributed by atoms with Crippen LogP contribution in [-0.2, 0) is 6.18 Å². The number of anilines is 3. The molecule has 10 heteroatoms. The van der Waals surface area contributed by atoms with E-state index in [2.05, 4.69) is 20.6 Å². The number of carbonyl (C=O) groups is 1. The van der Waals surface area contributed by atoms with Crippen LogP contribution in [0, 0.1) is 11.6 Å². The zero-order chi connectivity index (χ0) is 20.3. The maximum Gasteiger partial charge on any atom is 0.416 e. The van der Waals surface area contributed by atoms with E-state index in [0.29, 0.717) is 0 Å². The van der Waals surface area contributed by atoms with E-state index in [-0.39, 0.29) is 22.9 Å². The van der Waals surface area contributed by atoms with Crippen molar-refractivity contribution < 1.29 is 26.7 Å². The van der Waals surface area contributed by atoms with Crippen LogP contribution in [0.4, 0.5) is 39.3 Å². The van der Waals surface area contributed by atoms with Crippen molar-refractivity contribution in [2.24, 2.45) is 0 Å². The Kier molecular flexibility index (Phi) is 5.21. The largest absolute Gasteiger partial charge is 0.416 e. The summed E-state index contributed by atoms with van der Waals surface area (Å²) in [5.74, 6) is -2.63. The fourth-order valence-electron chi connectivity index (χ4n) is 2.16. The summed E-state index contributed by atoms with van der Waals surface area (Å²) in [5, 5.41) is 5.06. The predicted octanol–water partition coefficient (Wildman–Crippen LogP) is 4.77. The number of benzene rings is 2. The lowest BCUT2D eigenvalue weighted by molar-refractivity contribution is -0.137. The van der Waals surface area contributed by atoms with Gasteiger partial charge in [0, 0.05) is 29.8 Å². The van der Waals surface area contributed by atoms with E-state index in [1.165, 1.54) is 18.5 Å². The molecule has 5 nitrogen and oxygen atoms in total. The van der Waals surface area contributed by atoms with Gasteiger partial charge in [-0.15, -0.1) is 0 Å². The topological polar surface area (TPSA) is 66.9 Å². The molecule has 0 saturated carbocycles. The Bertz CT molecular complexity index is 988. The third kappa shape index (κ3) is 4.58. The van der Waals surface area contributed by atoms with Crippen LogP contribution in [-0.4, -0.2) is 15.9 Å². The maximum atomic E-state index is 13.2. The van der Waals surface area contributed by atoms with Crippen molar-refractivity contribution in [2.45, 2.75) is 6.18 Å². The van der Waals surface area contributed by atoms with Gasteiger partial charge in [-0.25, -0.2) is 18.7 Å². The number of nitrogens with one attached hydrogen (secondary N) is 2. The molecule has 0 atom stereocenters. The number of carbonyl (C=O) groups excluding carboxylic acids is 1. The lowest BCUT2D eigenvalue weighted by Gasteiger charge is -2.09. The smallest absolute Gasteiger partial charge is 0.324 e. The van der Waals surface area contributed by atoms with E-state index in [0.717, 1.165) is 36.4 Å². The third-order valence-corrected chi connectivity index (χ3v) is 3.56. The number of hydrogen-bond donors (Lipinski definition) is 2. The zero-order valence-electron chi connectivity index (χ0n) is 13.9. The summed E-state index contributed by atoms with van der Waals surface area (Å²) in [6, 6.07) is 7.09. The van der Waals surface area contributed by atoms with Crippen molar-refractivity contribution >= 4 is 23.2 Å². The summed E-state index contributed by atoms with van der Waals surface area (Å²) in [5.41, 5.74) is -0.403. The van der Waals surface area contributed by atoms with E-state index in [1.807, 2.05) is 0 Å². The molecule has 0 unspecified atom stereocenters. The highest BCUT2D eigenvalue weighted by Gasteiger charge is 2.30. The Morgan fingerprint density at radius 1 is 0.857 bits per heavy atom. The highest BCUT2D eigenvalue weighted by atomic mass is 19.4. The first kappa shape index (κ1) is 19.2. The molecule has 1 aromatic heterocycles. The Morgan fingerprint density at radius 2 is 1.46 bits per heavy atom. The molecular weight excluding hydrogens is 383 g/mol. The van der Waals surface area contributed by atoms with Gasteiger partial charge in [-0.3, -0.25) is 4.79 Å². The third-order valence-electron chi connectivity index (χ3n) is 3.56. The van der Waals surface area contributed by atoms with Crippen molar-refractivity contribution in [1.82, 2.24) is 9.97 Å². The van der Waals surface area contributed by atoms with Crippen LogP contribution in [0.2, 0.25) is 0 Å². The van der Waals surface area contributed by atoms with Gasteiger partial charge >= 0.3 is 6.18 Å². The van der Waals surface area contributed by atoms with Gasteiger partial charge in [0.05, 0.1) is 11.1 Å². The number of rotatable bonds is 4. The molecule has 1 amide bonds. The Hall–Kier alpha value is -3.56. The van der Waals surface area contributed by atoms with E-state index in [4.69, 9.17) is 0 Å². The molecule has 0 aliphatic heterocycles. The first-order valence-electron chi connectivity index (χ1n) is 7.75. The van der Waals surface area contributed by atoms with Crippen LogP contribution in [0.1, 0.15) is 15.9 Å². The highest BCUT2D eigenvalue weighted by molar-refractivity contribution is 6.03. The summed E-state index contributed by atoms with van der Waals surface area (Å²) >= 11 is 0. The Balaban J connectivity index is 1.65. The van der Waals surface area contributed by atoms with Crippen molar-refractivity contribution in [3.05, 3.63) is 77.6 Å². The average molecular weight is 394 g/mol. The summed E-state index contributed by atoms with van der Waals surface area (Å²) in [4.78, 5) is 19.9. The number of alkyl halides is 3. The van der Waals surface area contributed by atoms with E-state index in [1.54, 1.807) is 0 Å². The van der Waals surface area contributed by atoms with Gasteiger partial charge in [-0.05, 0) is 36.4 Å². The Labute approximate surface area is 155 Å². The normalized spacial score (nSPS) is 11.2. The standard InChI is InChI=1S/C18H11F5N4O/c19-14-6-5-13(7-15(14)20)27-17-24-8-10(9-25-17)16(28)26-12-3-1-11(2-4-12)18(21,22)23/h1-9H,(H,26,28)(H,24,25,27). The number of nitrogens with zero attached hydrogens (tertiary/aromatic N) is 2. The van der Waals surface area contributed by atoms with Gasteiger partial charge in [-0.2, -0.15) is 13.2 Å². The average Bonchev–Trinajstić information content (AvgIpc) is 2.65. The molecule has 0 spiro atoms. The first-order chi connectivity index (χ1) is 13.2. The molecule has 2 aromatic carbocycles. The summed E-state index contributed by atoms with van der Waals surface area (Å²) < 4.78 is 63.7. The molecule has 1 heterocycles. The molecule has 0 aliphatic carbocycles. The lowest BCUT2D eigenvalue weighted by atomic mass is 10.2. The van der Waals surface area contributed by atoms with Crippen LogP contribution < -0.4 is 10.6 Å². The van der Waals surface area contributed by atoms with E-state index >= 15 is 0 Å². The SMILES string of the molecule is O=C(Nc1ccc(C(F)(F)F)cc1)c1cnc(Nc2ccc(F)c(F)c2)nc1. The van der Waals surface area contributed by atoms with Crippen molar-refractivity contribution in [3.8, 4) is 0 Å². The minimum Gasteiger partial charge on any atom is -0.324 e. The highest BCUT2D eigenvalue weighted by Crippen LogP contribution is 2.29. The second-order valence-corrected chi connectivity index (χ2v) is 5.58. The number of hydrogen-bond acceptors (Lipinski definition) is 4. The molecule has 0 fully saturated rings. The summed E-state index contributed by atoms with van der Waals surface area (Å²) in [6.07, 6.45) is -2.12. The van der Waals surface area contributed by atoms with Crippen LogP contribution >= 0.6 is 0 Å². The molecule has 28 heavy (non-hydrogen) atoms. The lowest BCUT2D eigenvalue weighted by Crippen LogP contribution is -2.13. The fourth-order valence-corrected chi connectivity index (χ4v) is 2.16. The molecule has 2 N–H and O–H groups in total. The van der Waals surface area contributed by atoms with E-state index in [9.17, 15) is 26.7 Å². The molecular formula is C18H11F5N4O. The van der Waals surface area contributed by atoms with Gasteiger partial charge in [0.1, 0.15) is 0 Å². The molecule has 3 aromatic rings. The molecule has 0 radical (unpaired) electrons.